The van der Waals surface area contributed by atoms with Gasteiger partial charge in [-0.2, -0.15) is 0 Å². The van der Waals surface area contributed by atoms with Gasteiger partial charge >= 0.3 is 0 Å². The zero-order chi connectivity index (χ0) is 13.9. The summed E-state index contributed by atoms with van der Waals surface area (Å²) >= 11 is 11.6. The van der Waals surface area contributed by atoms with E-state index in [2.05, 4.69) is 0 Å². The Hall–Kier alpha value is -0.330. The molecular weight excluding hydrogens is 299 g/mol. The lowest BCUT2D eigenvalue weighted by Gasteiger charge is -2.21. The maximum Gasteiger partial charge on any atom is 0.158 e. The van der Waals surface area contributed by atoms with Crippen molar-refractivity contribution in [1.82, 2.24) is 0 Å². The molecule has 18 heavy (non-hydrogen) atoms. The molecular formula is C11H14Cl2O4S. The van der Waals surface area contributed by atoms with E-state index in [4.69, 9.17) is 28.3 Å². The Morgan fingerprint density at radius 1 is 1.33 bits per heavy atom. The summed E-state index contributed by atoms with van der Waals surface area (Å²) in [7, 11) is -3.58. The minimum atomic E-state index is -3.58. The van der Waals surface area contributed by atoms with Gasteiger partial charge in [-0.3, -0.25) is 0 Å². The van der Waals surface area contributed by atoms with Crippen LogP contribution in [0.2, 0.25) is 10.0 Å². The van der Waals surface area contributed by atoms with Gasteiger partial charge in [-0.05, 0) is 12.1 Å². The van der Waals surface area contributed by atoms with Crippen molar-refractivity contribution in [1.29, 1.82) is 0 Å². The molecule has 0 aliphatic rings. The van der Waals surface area contributed by atoms with Crippen LogP contribution in [0.5, 0.6) is 0 Å². The van der Waals surface area contributed by atoms with Crippen LogP contribution in [0.15, 0.2) is 18.2 Å². The van der Waals surface area contributed by atoms with Crippen LogP contribution in [-0.4, -0.2) is 36.2 Å². The average Bonchev–Trinajstić information content (AvgIpc) is 2.29. The first kappa shape index (κ1) is 15.7. The lowest BCUT2D eigenvalue weighted by Crippen LogP contribution is -2.33. The van der Waals surface area contributed by atoms with Gasteiger partial charge in [-0.15, -0.1) is 0 Å². The molecule has 102 valence electrons. The summed E-state index contributed by atoms with van der Waals surface area (Å²) in [6, 6.07) is 4.36. The Morgan fingerprint density at radius 3 is 2.39 bits per heavy atom. The summed E-state index contributed by atoms with van der Waals surface area (Å²) in [6.07, 6.45) is -1.38. The molecule has 0 unspecified atom stereocenters. The highest BCUT2D eigenvalue weighted by molar-refractivity contribution is 7.92. The van der Waals surface area contributed by atoms with Gasteiger partial charge in [0.05, 0.1) is 12.7 Å². The molecule has 0 fully saturated rings. The van der Waals surface area contributed by atoms with E-state index in [0.717, 1.165) is 0 Å². The Bertz CT molecular complexity index is 516. The first-order valence-corrected chi connectivity index (χ1v) is 7.76. The highest BCUT2D eigenvalue weighted by Crippen LogP contribution is 2.30. The van der Waals surface area contributed by atoms with Crippen molar-refractivity contribution in [2.45, 2.75) is 18.3 Å². The molecule has 0 aliphatic carbocycles. The molecule has 0 bridgehead atoms. The van der Waals surface area contributed by atoms with Crippen molar-refractivity contribution in [3.8, 4) is 0 Å². The number of aliphatic hydroxyl groups is 2. The van der Waals surface area contributed by atoms with Gasteiger partial charge in [0.25, 0.3) is 0 Å². The van der Waals surface area contributed by atoms with Crippen LogP contribution in [-0.2, 0) is 9.84 Å². The first-order valence-electron chi connectivity index (χ1n) is 5.29. The summed E-state index contributed by atoms with van der Waals surface area (Å²) in [5.41, 5.74) is 0.233. The molecule has 7 heteroatoms. The monoisotopic (exact) mass is 312 g/mol. The highest BCUT2D eigenvalue weighted by Gasteiger charge is 2.32. The third kappa shape index (κ3) is 3.36. The van der Waals surface area contributed by atoms with E-state index in [1.165, 1.54) is 25.1 Å². The second kappa shape index (κ2) is 6.21. The molecule has 0 saturated heterocycles. The smallest absolute Gasteiger partial charge is 0.158 e. The Morgan fingerprint density at radius 2 is 1.94 bits per heavy atom. The SMILES string of the molecule is CCS(=O)(=O)[C@H](CO)[C@H](O)c1ccc(Cl)cc1Cl. The number of rotatable bonds is 5. The first-order chi connectivity index (χ1) is 8.33. The minimum absolute atomic E-state index is 0.166. The van der Waals surface area contributed by atoms with Gasteiger partial charge in [0, 0.05) is 21.4 Å². The summed E-state index contributed by atoms with van der Waals surface area (Å²) in [5, 5.41) is 18.5. The lowest BCUT2D eigenvalue weighted by molar-refractivity contribution is 0.138. The third-order valence-electron chi connectivity index (χ3n) is 2.68. The third-order valence-corrected chi connectivity index (χ3v) is 5.37. The summed E-state index contributed by atoms with van der Waals surface area (Å²) in [4.78, 5) is 0. The predicted octanol–water partition coefficient (Wildman–Crippen LogP) is 1.82. The van der Waals surface area contributed by atoms with Crippen LogP contribution >= 0.6 is 23.2 Å². The van der Waals surface area contributed by atoms with Gasteiger partial charge in [0.1, 0.15) is 5.25 Å². The molecule has 0 amide bonds. The molecule has 2 atom stereocenters. The van der Waals surface area contributed by atoms with E-state index in [1.807, 2.05) is 0 Å². The van der Waals surface area contributed by atoms with E-state index in [9.17, 15) is 13.5 Å². The van der Waals surface area contributed by atoms with Crippen molar-refractivity contribution < 1.29 is 18.6 Å². The van der Waals surface area contributed by atoms with Crippen molar-refractivity contribution in [2.75, 3.05) is 12.4 Å². The molecule has 4 nitrogen and oxygen atoms in total. The van der Waals surface area contributed by atoms with Crippen LogP contribution in [0, 0.1) is 0 Å². The van der Waals surface area contributed by atoms with Crippen molar-refractivity contribution in [3.05, 3.63) is 33.8 Å². The van der Waals surface area contributed by atoms with Crippen LogP contribution in [0.25, 0.3) is 0 Å². The molecule has 0 aliphatic heterocycles. The van der Waals surface area contributed by atoms with Crippen molar-refractivity contribution >= 4 is 33.0 Å². The Labute approximate surface area is 116 Å². The number of aliphatic hydroxyl groups excluding tert-OH is 2. The van der Waals surface area contributed by atoms with Crippen LogP contribution in [0.3, 0.4) is 0 Å². The Kier molecular flexibility index (Phi) is 5.43. The standard InChI is InChI=1S/C11H14Cl2O4S/c1-2-18(16,17)10(6-14)11(15)8-4-3-7(12)5-9(8)13/h3-5,10-11,14-15H,2,6H2,1H3/t10-,11-/m1/s1. The molecule has 0 spiro atoms. The van der Waals surface area contributed by atoms with Gasteiger partial charge in [-0.1, -0.05) is 36.2 Å². The van der Waals surface area contributed by atoms with Gasteiger partial charge in [-0.25, -0.2) is 8.42 Å². The maximum atomic E-state index is 11.7. The molecule has 0 aromatic heterocycles. The van der Waals surface area contributed by atoms with E-state index >= 15 is 0 Å². The molecule has 1 aromatic carbocycles. The second-order valence-corrected chi connectivity index (χ2v) is 7.14. The van der Waals surface area contributed by atoms with E-state index in [-0.39, 0.29) is 16.3 Å². The average molecular weight is 313 g/mol. The molecule has 2 N–H and O–H groups in total. The summed E-state index contributed by atoms with van der Waals surface area (Å²) < 4.78 is 23.5. The van der Waals surface area contributed by atoms with Crippen LogP contribution < -0.4 is 0 Å². The Balaban J connectivity index is 3.15. The molecule has 0 heterocycles. The predicted molar refractivity (Wildman–Crippen MR) is 71.8 cm³/mol. The fraction of sp³-hybridized carbons (Fsp3) is 0.455. The van der Waals surface area contributed by atoms with Crippen molar-refractivity contribution in [3.63, 3.8) is 0 Å². The largest absolute Gasteiger partial charge is 0.395 e. The molecule has 0 radical (unpaired) electrons. The quantitative estimate of drug-likeness (QED) is 0.869. The van der Waals surface area contributed by atoms with E-state index in [1.54, 1.807) is 0 Å². The maximum absolute atomic E-state index is 11.7. The van der Waals surface area contributed by atoms with Crippen LogP contribution in [0.1, 0.15) is 18.6 Å². The van der Waals surface area contributed by atoms with Gasteiger partial charge in [0.2, 0.25) is 0 Å². The zero-order valence-corrected chi connectivity index (χ0v) is 12.0. The number of hydrogen-bond donors (Lipinski definition) is 2. The molecule has 0 saturated carbocycles. The topological polar surface area (TPSA) is 74.6 Å². The van der Waals surface area contributed by atoms with Gasteiger partial charge < -0.3 is 10.2 Å². The zero-order valence-electron chi connectivity index (χ0n) is 9.68. The number of sulfone groups is 1. The fourth-order valence-corrected chi connectivity index (χ4v) is 3.28. The lowest BCUT2D eigenvalue weighted by atomic mass is 10.1. The second-order valence-electron chi connectivity index (χ2n) is 3.78. The van der Waals surface area contributed by atoms with E-state index < -0.39 is 27.8 Å². The molecule has 1 aromatic rings. The number of hydrogen-bond acceptors (Lipinski definition) is 4. The normalized spacial score (nSPS) is 15.4. The highest BCUT2D eigenvalue weighted by atomic mass is 35.5. The van der Waals surface area contributed by atoms with Crippen molar-refractivity contribution in [2.24, 2.45) is 0 Å². The van der Waals surface area contributed by atoms with E-state index in [0.29, 0.717) is 5.02 Å². The van der Waals surface area contributed by atoms with Gasteiger partial charge in [0.15, 0.2) is 9.84 Å². The summed E-state index contributed by atoms with van der Waals surface area (Å²) in [6.45, 7) is 0.782. The molecule has 1 rings (SSSR count). The van der Waals surface area contributed by atoms with Crippen LogP contribution in [0.4, 0.5) is 0 Å². The minimum Gasteiger partial charge on any atom is -0.395 e. The number of halogens is 2. The number of benzene rings is 1. The summed E-state index contributed by atoms with van der Waals surface area (Å²) in [5.74, 6) is -0.166. The fourth-order valence-electron chi connectivity index (χ4n) is 1.57.